The van der Waals surface area contributed by atoms with Crippen molar-refractivity contribution in [2.45, 2.75) is 25.6 Å². The molecule has 0 spiro atoms. The summed E-state index contributed by atoms with van der Waals surface area (Å²) in [5.41, 5.74) is 0.747. The molecule has 1 unspecified atom stereocenters. The molecule has 0 bridgehead atoms. The van der Waals surface area contributed by atoms with Crippen molar-refractivity contribution < 1.29 is 13.2 Å². The molecule has 0 aliphatic heterocycles. The van der Waals surface area contributed by atoms with Crippen LogP contribution in [-0.4, -0.2) is 17.0 Å². The first-order valence-electron chi connectivity index (χ1n) is 6.53. The first kappa shape index (κ1) is 15.4. The summed E-state index contributed by atoms with van der Waals surface area (Å²) in [6, 6.07) is 6.98. The molecule has 0 aliphatic carbocycles. The summed E-state index contributed by atoms with van der Waals surface area (Å²) >= 11 is 0. The van der Waals surface area contributed by atoms with Gasteiger partial charge in [0.1, 0.15) is 5.82 Å². The average Bonchev–Trinajstić information content (AvgIpc) is 2.44. The van der Waals surface area contributed by atoms with Gasteiger partial charge >= 0.3 is 6.18 Å². The molecule has 0 fully saturated rings. The average molecular weight is 295 g/mol. The third kappa shape index (κ3) is 4.01. The van der Waals surface area contributed by atoms with E-state index in [9.17, 15) is 13.2 Å². The Labute approximate surface area is 121 Å². The van der Waals surface area contributed by atoms with Gasteiger partial charge in [-0.1, -0.05) is 18.2 Å². The van der Waals surface area contributed by atoms with Crippen LogP contribution >= 0.6 is 0 Å². The van der Waals surface area contributed by atoms with E-state index in [0.29, 0.717) is 17.8 Å². The highest BCUT2D eigenvalue weighted by Crippen LogP contribution is 2.30. The van der Waals surface area contributed by atoms with Crippen LogP contribution in [0.25, 0.3) is 0 Å². The topological polar surface area (TPSA) is 37.8 Å². The zero-order chi connectivity index (χ0) is 15.5. The lowest BCUT2D eigenvalue weighted by atomic mass is 10.0. The summed E-state index contributed by atoms with van der Waals surface area (Å²) in [4.78, 5) is 8.34. The number of nitrogens with one attached hydrogen (secondary N) is 1. The highest BCUT2D eigenvalue weighted by Gasteiger charge is 2.30. The molecule has 2 aromatic rings. The van der Waals surface area contributed by atoms with Crippen LogP contribution in [0.3, 0.4) is 0 Å². The summed E-state index contributed by atoms with van der Waals surface area (Å²) in [5, 5.41) is 3.08. The van der Waals surface area contributed by atoms with Crippen molar-refractivity contribution in [2.24, 2.45) is 0 Å². The minimum absolute atomic E-state index is 0.157. The molecule has 0 amide bonds. The van der Waals surface area contributed by atoms with E-state index in [2.05, 4.69) is 15.3 Å². The van der Waals surface area contributed by atoms with E-state index in [-0.39, 0.29) is 6.04 Å². The summed E-state index contributed by atoms with van der Waals surface area (Å²) in [7, 11) is 1.76. The molecular weight excluding hydrogens is 279 g/mol. The number of halogens is 3. The Morgan fingerprint density at radius 1 is 1.24 bits per heavy atom. The van der Waals surface area contributed by atoms with Crippen LogP contribution in [0, 0.1) is 6.92 Å². The molecule has 1 aromatic heterocycles. The zero-order valence-corrected chi connectivity index (χ0v) is 11.8. The Morgan fingerprint density at radius 3 is 2.62 bits per heavy atom. The van der Waals surface area contributed by atoms with E-state index in [0.717, 1.165) is 11.8 Å². The van der Waals surface area contributed by atoms with Crippen LogP contribution < -0.4 is 5.32 Å². The normalized spacial score (nSPS) is 13.2. The standard InChI is InChI=1S/C15H16F3N3/c1-10-20-7-6-13(21-10)14(19-2)9-11-4-3-5-12(8-11)15(16,17)18/h3-8,14,19H,9H2,1-2H3. The highest BCUT2D eigenvalue weighted by atomic mass is 19.4. The fourth-order valence-corrected chi connectivity index (χ4v) is 2.13. The SMILES string of the molecule is CNC(Cc1cccc(C(F)(F)F)c1)c1ccnc(C)n1. The molecule has 1 N–H and O–H groups in total. The third-order valence-corrected chi connectivity index (χ3v) is 3.20. The smallest absolute Gasteiger partial charge is 0.311 e. The van der Waals surface area contributed by atoms with Crippen LogP contribution in [0.1, 0.15) is 28.7 Å². The van der Waals surface area contributed by atoms with Crippen molar-refractivity contribution in [1.82, 2.24) is 15.3 Å². The van der Waals surface area contributed by atoms with Gasteiger partial charge in [0.15, 0.2) is 0 Å². The number of aromatic nitrogens is 2. The molecule has 6 heteroatoms. The fraction of sp³-hybridized carbons (Fsp3) is 0.333. The van der Waals surface area contributed by atoms with Crippen LogP contribution in [0.5, 0.6) is 0 Å². The zero-order valence-electron chi connectivity index (χ0n) is 11.8. The summed E-state index contributed by atoms with van der Waals surface area (Å²) in [6.07, 6.45) is -2.25. The minimum Gasteiger partial charge on any atom is -0.311 e. The van der Waals surface area contributed by atoms with Gasteiger partial charge in [0.25, 0.3) is 0 Å². The Balaban J connectivity index is 2.23. The van der Waals surface area contributed by atoms with Gasteiger partial charge in [-0.15, -0.1) is 0 Å². The van der Waals surface area contributed by atoms with Gasteiger partial charge in [-0.05, 0) is 38.1 Å². The number of alkyl halides is 3. The van der Waals surface area contributed by atoms with Crippen molar-refractivity contribution in [3.63, 3.8) is 0 Å². The molecule has 3 nitrogen and oxygen atoms in total. The van der Waals surface area contributed by atoms with E-state index in [1.807, 2.05) is 0 Å². The number of rotatable bonds is 4. The van der Waals surface area contributed by atoms with E-state index in [1.54, 1.807) is 32.3 Å². The van der Waals surface area contributed by atoms with E-state index in [1.165, 1.54) is 12.1 Å². The minimum atomic E-state index is -4.32. The first-order valence-corrected chi connectivity index (χ1v) is 6.53. The molecule has 21 heavy (non-hydrogen) atoms. The quantitative estimate of drug-likeness (QED) is 0.940. The lowest BCUT2D eigenvalue weighted by molar-refractivity contribution is -0.137. The van der Waals surface area contributed by atoms with Gasteiger partial charge in [0.2, 0.25) is 0 Å². The van der Waals surface area contributed by atoms with Crippen molar-refractivity contribution in [2.75, 3.05) is 7.05 Å². The lowest BCUT2D eigenvalue weighted by Crippen LogP contribution is -2.20. The van der Waals surface area contributed by atoms with Crippen LogP contribution in [0.15, 0.2) is 36.5 Å². The fourth-order valence-electron chi connectivity index (χ4n) is 2.13. The van der Waals surface area contributed by atoms with Gasteiger partial charge in [0.05, 0.1) is 17.3 Å². The maximum atomic E-state index is 12.7. The Kier molecular flexibility index (Phi) is 4.57. The number of nitrogens with zero attached hydrogens (tertiary/aromatic N) is 2. The second-order valence-corrected chi connectivity index (χ2v) is 4.77. The molecule has 0 saturated carbocycles. The van der Waals surface area contributed by atoms with Crippen molar-refractivity contribution in [3.05, 3.63) is 59.2 Å². The first-order chi connectivity index (χ1) is 9.90. The van der Waals surface area contributed by atoms with E-state index >= 15 is 0 Å². The second kappa shape index (κ2) is 6.22. The predicted octanol–water partition coefficient (Wildman–Crippen LogP) is 3.31. The number of hydrogen-bond donors (Lipinski definition) is 1. The van der Waals surface area contributed by atoms with Crippen molar-refractivity contribution in [1.29, 1.82) is 0 Å². The Morgan fingerprint density at radius 2 is 2.00 bits per heavy atom. The summed E-state index contributed by atoms with van der Waals surface area (Å²) in [5.74, 6) is 0.636. The molecule has 0 saturated heterocycles. The monoisotopic (exact) mass is 295 g/mol. The molecule has 0 radical (unpaired) electrons. The molecule has 112 valence electrons. The Bertz CT molecular complexity index is 611. The summed E-state index contributed by atoms with van der Waals surface area (Å²) in [6.45, 7) is 1.78. The van der Waals surface area contributed by atoms with Gasteiger partial charge in [-0.3, -0.25) is 0 Å². The van der Waals surface area contributed by atoms with E-state index < -0.39 is 11.7 Å². The van der Waals surface area contributed by atoms with Crippen LogP contribution in [0.4, 0.5) is 13.2 Å². The molecule has 1 heterocycles. The summed E-state index contributed by atoms with van der Waals surface area (Å²) < 4.78 is 38.2. The van der Waals surface area contributed by atoms with Gasteiger partial charge in [-0.2, -0.15) is 13.2 Å². The predicted molar refractivity (Wildman–Crippen MR) is 73.7 cm³/mol. The highest BCUT2D eigenvalue weighted by molar-refractivity contribution is 5.27. The van der Waals surface area contributed by atoms with Gasteiger partial charge < -0.3 is 5.32 Å². The van der Waals surface area contributed by atoms with Crippen LogP contribution in [0.2, 0.25) is 0 Å². The van der Waals surface area contributed by atoms with Crippen LogP contribution in [-0.2, 0) is 12.6 Å². The molecule has 2 rings (SSSR count). The van der Waals surface area contributed by atoms with Crippen molar-refractivity contribution in [3.8, 4) is 0 Å². The number of hydrogen-bond acceptors (Lipinski definition) is 3. The second-order valence-electron chi connectivity index (χ2n) is 4.77. The molecule has 1 aromatic carbocycles. The lowest BCUT2D eigenvalue weighted by Gasteiger charge is -2.17. The molecule has 0 aliphatic rings. The third-order valence-electron chi connectivity index (χ3n) is 3.20. The number of benzene rings is 1. The van der Waals surface area contributed by atoms with Gasteiger partial charge in [0, 0.05) is 6.20 Å². The molecular formula is C15H16F3N3. The molecule has 1 atom stereocenters. The number of likely N-dealkylation sites (N-methyl/N-ethyl adjacent to an activating group) is 1. The number of aryl methyl sites for hydroxylation is 1. The van der Waals surface area contributed by atoms with E-state index in [4.69, 9.17) is 0 Å². The van der Waals surface area contributed by atoms with Gasteiger partial charge in [-0.25, -0.2) is 9.97 Å². The van der Waals surface area contributed by atoms with Crippen molar-refractivity contribution >= 4 is 0 Å². The maximum absolute atomic E-state index is 12.7. The largest absolute Gasteiger partial charge is 0.416 e. The maximum Gasteiger partial charge on any atom is 0.416 e. The Hall–Kier alpha value is -1.95.